The van der Waals surface area contributed by atoms with E-state index in [0.717, 1.165) is 5.56 Å². The van der Waals surface area contributed by atoms with E-state index in [-0.39, 0.29) is 12.4 Å². The molecule has 0 aliphatic heterocycles. The maximum Gasteiger partial charge on any atom is 0.161 e. The smallest absolute Gasteiger partial charge is 0.161 e. The number of rotatable bonds is 5. The summed E-state index contributed by atoms with van der Waals surface area (Å²) in [4.78, 5) is 0. The highest BCUT2D eigenvalue weighted by Gasteiger charge is 2.10. The Balaban J connectivity index is 2.18. The van der Waals surface area contributed by atoms with Gasteiger partial charge in [-0.2, -0.15) is 0 Å². The molecular formula is C16H16ClFO3. The van der Waals surface area contributed by atoms with Crippen LogP contribution in [0.15, 0.2) is 36.4 Å². The van der Waals surface area contributed by atoms with Crippen LogP contribution in [0.25, 0.3) is 0 Å². The van der Waals surface area contributed by atoms with Gasteiger partial charge in [-0.3, -0.25) is 0 Å². The average Bonchev–Trinajstić information content (AvgIpc) is 2.47. The molecule has 3 nitrogen and oxygen atoms in total. The van der Waals surface area contributed by atoms with Gasteiger partial charge in [0.2, 0.25) is 0 Å². The first-order valence-corrected chi connectivity index (χ1v) is 6.81. The van der Waals surface area contributed by atoms with Crippen LogP contribution in [0.5, 0.6) is 11.5 Å². The van der Waals surface area contributed by atoms with E-state index in [1.54, 1.807) is 25.1 Å². The predicted octanol–water partition coefficient (Wildman–Crippen LogP) is 4.12. The molecule has 0 saturated heterocycles. The minimum atomic E-state index is -0.592. The number of hydrogen-bond donors (Lipinski definition) is 1. The van der Waals surface area contributed by atoms with E-state index in [9.17, 15) is 9.50 Å². The van der Waals surface area contributed by atoms with Crippen LogP contribution in [-0.4, -0.2) is 12.2 Å². The minimum Gasteiger partial charge on any atom is -0.493 e. The summed E-state index contributed by atoms with van der Waals surface area (Å²) in [6.07, 6.45) is -0.592. The molecule has 1 unspecified atom stereocenters. The van der Waals surface area contributed by atoms with Gasteiger partial charge in [0.15, 0.2) is 11.5 Å². The molecule has 1 N–H and O–H groups in total. The van der Waals surface area contributed by atoms with Crippen LogP contribution >= 0.6 is 11.6 Å². The molecule has 1 atom stereocenters. The maximum atomic E-state index is 13.2. The Kier molecular flexibility index (Phi) is 5.04. The van der Waals surface area contributed by atoms with Crippen LogP contribution in [-0.2, 0) is 6.61 Å². The van der Waals surface area contributed by atoms with E-state index in [0.29, 0.717) is 22.1 Å². The Morgan fingerprint density at radius 1 is 1.19 bits per heavy atom. The van der Waals surface area contributed by atoms with E-state index in [1.807, 2.05) is 0 Å². The number of ether oxygens (including phenoxy) is 2. The summed E-state index contributed by atoms with van der Waals surface area (Å²) in [5.74, 6) is 0.637. The number of aliphatic hydroxyl groups excluding tert-OH is 1. The van der Waals surface area contributed by atoms with Crippen LogP contribution in [0.3, 0.4) is 0 Å². The normalized spacial score (nSPS) is 12.0. The summed E-state index contributed by atoms with van der Waals surface area (Å²) in [5.41, 5.74) is 1.28. The van der Waals surface area contributed by atoms with Gasteiger partial charge in [-0.15, -0.1) is 0 Å². The summed E-state index contributed by atoms with van der Waals surface area (Å²) in [5, 5.41) is 9.99. The van der Waals surface area contributed by atoms with Gasteiger partial charge < -0.3 is 14.6 Å². The lowest BCUT2D eigenvalue weighted by molar-refractivity contribution is 0.198. The van der Waals surface area contributed by atoms with E-state index in [1.165, 1.54) is 25.3 Å². The fourth-order valence-corrected chi connectivity index (χ4v) is 2.04. The molecule has 0 radical (unpaired) electrons. The molecule has 2 aromatic carbocycles. The largest absolute Gasteiger partial charge is 0.493 e. The lowest BCUT2D eigenvalue weighted by atomic mass is 10.1. The van der Waals surface area contributed by atoms with Crippen molar-refractivity contribution in [1.29, 1.82) is 0 Å². The lowest BCUT2D eigenvalue weighted by Gasteiger charge is -2.14. The molecule has 0 aromatic heterocycles. The molecule has 0 spiro atoms. The summed E-state index contributed by atoms with van der Waals surface area (Å²) >= 11 is 5.99. The molecule has 0 bridgehead atoms. The Labute approximate surface area is 127 Å². The second kappa shape index (κ2) is 6.78. The second-order valence-corrected chi connectivity index (χ2v) is 5.02. The van der Waals surface area contributed by atoms with Crippen molar-refractivity contribution in [2.24, 2.45) is 0 Å². The first kappa shape index (κ1) is 15.6. The van der Waals surface area contributed by atoms with E-state index >= 15 is 0 Å². The Hall–Kier alpha value is -1.78. The molecule has 2 rings (SSSR count). The molecule has 0 aliphatic rings. The number of hydrogen-bond acceptors (Lipinski definition) is 3. The van der Waals surface area contributed by atoms with Gasteiger partial charge in [0.05, 0.1) is 13.2 Å². The van der Waals surface area contributed by atoms with Crippen molar-refractivity contribution in [3.63, 3.8) is 0 Å². The van der Waals surface area contributed by atoms with Crippen molar-refractivity contribution < 1.29 is 19.0 Å². The lowest BCUT2D eigenvalue weighted by Crippen LogP contribution is -2.00. The van der Waals surface area contributed by atoms with Crippen LogP contribution in [0, 0.1) is 5.82 Å². The van der Waals surface area contributed by atoms with E-state index < -0.39 is 6.10 Å². The van der Waals surface area contributed by atoms with E-state index in [2.05, 4.69) is 0 Å². The highest BCUT2D eigenvalue weighted by atomic mass is 35.5. The fraction of sp³-hybridized carbons (Fsp3) is 0.250. The number of benzene rings is 2. The zero-order chi connectivity index (χ0) is 15.4. The molecule has 0 saturated carbocycles. The number of halogens is 2. The third kappa shape index (κ3) is 3.86. The predicted molar refractivity (Wildman–Crippen MR) is 79.4 cm³/mol. The van der Waals surface area contributed by atoms with Gasteiger partial charge in [-0.1, -0.05) is 17.7 Å². The number of aliphatic hydroxyl groups is 1. The van der Waals surface area contributed by atoms with Crippen molar-refractivity contribution in [3.8, 4) is 11.5 Å². The Morgan fingerprint density at radius 2 is 1.95 bits per heavy atom. The third-order valence-electron chi connectivity index (χ3n) is 3.06. The topological polar surface area (TPSA) is 38.7 Å². The molecule has 21 heavy (non-hydrogen) atoms. The summed E-state index contributed by atoms with van der Waals surface area (Å²) in [6.45, 7) is 1.79. The van der Waals surface area contributed by atoms with Crippen LogP contribution < -0.4 is 9.47 Å². The van der Waals surface area contributed by atoms with Crippen molar-refractivity contribution in [2.45, 2.75) is 19.6 Å². The van der Waals surface area contributed by atoms with Gasteiger partial charge in [-0.25, -0.2) is 4.39 Å². The second-order valence-electron chi connectivity index (χ2n) is 4.61. The summed E-state index contributed by atoms with van der Waals surface area (Å²) in [6, 6.07) is 9.27. The summed E-state index contributed by atoms with van der Waals surface area (Å²) < 4.78 is 24.1. The SMILES string of the molecule is COc1cc(C(C)O)ccc1OCc1cc(F)ccc1Cl. The average molecular weight is 311 g/mol. The maximum absolute atomic E-state index is 13.2. The number of methoxy groups -OCH3 is 1. The van der Waals surface area contributed by atoms with Gasteiger partial charge in [0, 0.05) is 10.6 Å². The standard InChI is InChI=1S/C16H16ClFO3/c1-10(19)11-3-6-15(16(8-11)20-2)21-9-12-7-13(18)4-5-14(12)17/h3-8,10,19H,9H2,1-2H3. The quantitative estimate of drug-likeness (QED) is 0.903. The van der Waals surface area contributed by atoms with Gasteiger partial charge >= 0.3 is 0 Å². The molecule has 0 heterocycles. The highest BCUT2D eigenvalue weighted by Crippen LogP contribution is 2.31. The molecule has 5 heteroatoms. The molecule has 112 valence electrons. The molecule has 0 fully saturated rings. The van der Waals surface area contributed by atoms with Crippen LogP contribution in [0.1, 0.15) is 24.2 Å². The van der Waals surface area contributed by atoms with Gasteiger partial charge in [0.1, 0.15) is 12.4 Å². The van der Waals surface area contributed by atoms with Crippen LogP contribution in [0.2, 0.25) is 5.02 Å². The highest BCUT2D eigenvalue weighted by molar-refractivity contribution is 6.31. The molecular weight excluding hydrogens is 295 g/mol. The Morgan fingerprint density at radius 3 is 2.62 bits per heavy atom. The molecule has 2 aromatic rings. The van der Waals surface area contributed by atoms with Crippen molar-refractivity contribution in [1.82, 2.24) is 0 Å². The third-order valence-corrected chi connectivity index (χ3v) is 3.43. The van der Waals surface area contributed by atoms with Crippen molar-refractivity contribution in [3.05, 3.63) is 58.4 Å². The van der Waals surface area contributed by atoms with Gasteiger partial charge in [0.25, 0.3) is 0 Å². The first-order chi connectivity index (χ1) is 10.0. The van der Waals surface area contributed by atoms with Crippen molar-refractivity contribution in [2.75, 3.05) is 7.11 Å². The van der Waals surface area contributed by atoms with E-state index in [4.69, 9.17) is 21.1 Å². The van der Waals surface area contributed by atoms with Gasteiger partial charge in [-0.05, 0) is 42.8 Å². The first-order valence-electron chi connectivity index (χ1n) is 6.44. The summed E-state index contributed by atoms with van der Waals surface area (Å²) in [7, 11) is 1.52. The molecule has 0 amide bonds. The fourth-order valence-electron chi connectivity index (χ4n) is 1.87. The monoisotopic (exact) mass is 310 g/mol. The Bertz CT molecular complexity index is 629. The molecule has 0 aliphatic carbocycles. The van der Waals surface area contributed by atoms with Crippen LogP contribution in [0.4, 0.5) is 4.39 Å². The zero-order valence-electron chi connectivity index (χ0n) is 11.8. The minimum absolute atomic E-state index is 0.126. The zero-order valence-corrected chi connectivity index (χ0v) is 12.5. The van der Waals surface area contributed by atoms with Crippen molar-refractivity contribution >= 4 is 11.6 Å².